The fourth-order valence-corrected chi connectivity index (χ4v) is 4.19. The maximum Gasteiger partial charge on any atom is 0.490 e. The monoisotopic (exact) mass is 767 g/mol. The van der Waals surface area contributed by atoms with Crippen LogP contribution in [0.3, 0.4) is 0 Å². The first kappa shape index (κ1) is 46.3. The van der Waals surface area contributed by atoms with Gasteiger partial charge in [-0.25, -0.2) is 24.2 Å². The molecular weight excluding hydrogens is 738 g/mol. The Morgan fingerprint density at radius 2 is 1.10 bits per heavy atom. The zero-order valence-corrected chi connectivity index (χ0v) is 26.0. The van der Waals surface area contributed by atoms with E-state index in [1.807, 2.05) is 24.7 Å². The van der Waals surface area contributed by atoms with Crippen LogP contribution in [0.15, 0.2) is 30.7 Å². The molecule has 290 valence electrons. The maximum absolute atomic E-state index is 10.6. The molecule has 0 bridgehead atoms. The Kier molecular flexibility index (Phi) is 16.8. The number of likely N-dealkylation sites (tertiary alicyclic amines) is 1. The number of rotatable bonds is 2. The van der Waals surface area contributed by atoms with E-state index in [4.69, 9.17) is 44.6 Å². The Hall–Kier alpha value is -4.68. The normalized spacial score (nSPS) is 15.9. The molecule has 0 amide bonds. The molecule has 4 rings (SSSR count). The fourth-order valence-electron chi connectivity index (χ4n) is 4.19. The maximum atomic E-state index is 10.6. The molecule has 0 saturated carbocycles. The number of carboxylic acids is 4. The number of aliphatic carboxylic acids is 4. The van der Waals surface area contributed by atoms with E-state index in [0.29, 0.717) is 0 Å². The molecule has 2 aromatic rings. The van der Waals surface area contributed by atoms with E-state index in [2.05, 4.69) is 39.4 Å². The van der Waals surface area contributed by atoms with Crippen molar-refractivity contribution >= 4 is 23.9 Å². The Morgan fingerprint density at radius 3 is 1.43 bits per heavy atom. The van der Waals surface area contributed by atoms with Gasteiger partial charge in [-0.1, -0.05) is 6.07 Å². The van der Waals surface area contributed by atoms with Crippen molar-refractivity contribution in [3.8, 4) is 0 Å². The number of hydrogen-bond donors (Lipinski definition) is 4. The molecule has 4 heterocycles. The number of aryl methyl sites for hydroxylation is 1. The van der Waals surface area contributed by atoms with Crippen LogP contribution < -0.4 is 0 Å². The van der Waals surface area contributed by atoms with Gasteiger partial charge in [0.2, 0.25) is 0 Å². The minimum atomic E-state index is -5.08. The van der Waals surface area contributed by atoms with Crippen molar-refractivity contribution in [2.45, 2.75) is 63.1 Å². The number of fused-ring (bicyclic) bond motifs is 2. The summed E-state index contributed by atoms with van der Waals surface area (Å²) in [6.07, 6.45) is -12.2. The van der Waals surface area contributed by atoms with Crippen LogP contribution in [0, 0.1) is 6.92 Å². The molecule has 0 radical (unpaired) electrons. The summed E-state index contributed by atoms with van der Waals surface area (Å²) in [6, 6.07) is 4.19. The van der Waals surface area contributed by atoms with Gasteiger partial charge in [-0.15, -0.1) is 0 Å². The van der Waals surface area contributed by atoms with Crippen molar-refractivity contribution in [2.24, 2.45) is 0 Å². The van der Waals surface area contributed by atoms with Gasteiger partial charge in [0.1, 0.15) is 5.82 Å². The molecule has 0 aliphatic carbocycles. The lowest BCUT2D eigenvalue weighted by Gasteiger charge is -2.49. The van der Waals surface area contributed by atoms with Gasteiger partial charge in [0.05, 0.1) is 5.54 Å². The highest BCUT2D eigenvalue weighted by Crippen LogP contribution is 2.40. The number of imidazole rings is 1. The molecule has 2 aromatic heterocycles. The standard InChI is InChI=1S/C18H25N5.4C2HF3O2/c1-15-12-20-17-18(21(2)10-11-23(15)17)5-8-22(9-6-18)14-16-4-3-7-19-13-16;4*3-2(4,5)1(6)7/h3-4,7,12-13H,5-6,8-11,14H2,1-2H3;4*(H,6,7). The van der Waals surface area contributed by atoms with Gasteiger partial charge in [0.25, 0.3) is 0 Å². The summed E-state index contributed by atoms with van der Waals surface area (Å²) in [6.45, 7) is 7.59. The minimum absolute atomic E-state index is 0.123. The summed E-state index contributed by atoms with van der Waals surface area (Å²) < 4.78 is 129. The van der Waals surface area contributed by atoms with Crippen LogP contribution in [0.5, 0.6) is 0 Å². The van der Waals surface area contributed by atoms with Gasteiger partial charge < -0.3 is 25.0 Å². The predicted octanol–water partition coefficient (Wildman–Crippen LogP) is 4.56. The molecule has 1 fully saturated rings. The lowest BCUT2D eigenvalue weighted by Crippen LogP contribution is -2.56. The lowest BCUT2D eigenvalue weighted by molar-refractivity contribution is -0.193. The molecule has 4 N–H and O–H groups in total. The molecule has 2 aliphatic rings. The SMILES string of the molecule is Cc1cnc2n1CCN(C)C21CCN(Cc2cccnc2)CC1.O=C(O)C(F)(F)F.O=C(O)C(F)(F)F.O=C(O)C(F)(F)F.O=C(O)C(F)(F)F. The van der Waals surface area contributed by atoms with E-state index < -0.39 is 48.6 Å². The summed E-state index contributed by atoms with van der Waals surface area (Å²) >= 11 is 0. The first-order valence-electron chi connectivity index (χ1n) is 13.5. The Labute approximate surface area is 278 Å². The van der Waals surface area contributed by atoms with Gasteiger partial charge in [-0.05, 0) is 38.4 Å². The van der Waals surface area contributed by atoms with Crippen LogP contribution in [0.2, 0.25) is 0 Å². The van der Waals surface area contributed by atoms with Crippen LogP contribution in [-0.2, 0) is 37.8 Å². The summed E-state index contributed by atoms with van der Waals surface area (Å²) in [5, 5.41) is 28.5. The first-order chi connectivity index (χ1) is 23.0. The third-order valence-electron chi connectivity index (χ3n) is 6.64. The Morgan fingerprint density at radius 1 is 0.706 bits per heavy atom. The Balaban J connectivity index is 0.000000737. The molecule has 0 unspecified atom stereocenters. The van der Waals surface area contributed by atoms with E-state index in [-0.39, 0.29) is 5.54 Å². The van der Waals surface area contributed by atoms with Gasteiger partial charge in [-0.2, -0.15) is 52.7 Å². The van der Waals surface area contributed by atoms with Crippen molar-refractivity contribution < 1.29 is 92.3 Å². The first-order valence-corrected chi connectivity index (χ1v) is 13.5. The van der Waals surface area contributed by atoms with E-state index in [1.165, 1.54) is 17.1 Å². The average Bonchev–Trinajstić information content (AvgIpc) is 3.37. The van der Waals surface area contributed by atoms with Gasteiger partial charge in [-0.3, -0.25) is 14.8 Å². The van der Waals surface area contributed by atoms with Crippen LogP contribution >= 0.6 is 0 Å². The number of aromatic nitrogens is 3. The second-order valence-corrected chi connectivity index (χ2v) is 10.2. The van der Waals surface area contributed by atoms with Crippen LogP contribution in [-0.4, -0.2) is 120 Å². The van der Waals surface area contributed by atoms with Crippen LogP contribution in [0.4, 0.5) is 52.7 Å². The third-order valence-corrected chi connectivity index (χ3v) is 6.64. The number of carboxylic acid groups (broad SMARTS) is 4. The highest BCUT2D eigenvalue weighted by Gasteiger charge is 2.45. The molecule has 13 nitrogen and oxygen atoms in total. The topological polar surface area (TPSA) is 186 Å². The zero-order valence-electron chi connectivity index (χ0n) is 26.0. The molecule has 2 aliphatic heterocycles. The second kappa shape index (κ2) is 18.5. The van der Waals surface area contributed by atoms with Gasteiger partial charge in [0, 0.05) is 57.0 Å². The van der Waals surface area contributed by atoms with Crippen molar-refractivity contribution in [1.29, 1.82) is 0 Å². The largest absolute Gasteiger partial charge is 0.490 e. The molecule has 0 atom stereocenters. The van der Waals surface area contributed by atoms with Crippen LogP contribution in [0.25, 0.3) is 0 Å². The lowest BCUT2D eigenvalue weighted by atomic mass is 9.83. The molecule has 51 heavy (non-hydrogen) atoms. The summed E-state index contributed by atoms with van der Waals surface area (Å²) in [7, 11) is 2.27. The highest BCUT2D eigenvalue weighted by molar-refractivity contribution is 5.74. The van der Waals surface area contributed by atoms with Crippen molar-refractivity contribution in [3.05, 3.63) is 47.8 Å². The summed E-state index contributed by atoms with van der Waals surface area (Å²) in [5.41, 5.74) is 2.72. The molecule has 0 aromatic carbocycles. The van der Waals surface area contributed by atoms with E-state index >= 15 is 0 Å². The van der Waals surface area contributed by atoms with Crippen molar-refractivity contribution in [1.82, 2.24) is 24.3 Å². The molecule has 1 saturated heterocycles. The van der Waals surface area contributed by atoms with E-state index in [9.17, 15) is 52.7 Å². The van der Waals surface area contributed by atoms with Crippen molar-refractivity contribution in [3.63, 3.8) is 0 Å². The number of halogens is 12. The van der Waals surface area contributed by atoms with Gasteiger partial charge in [0.15, 0.2) is 0 Å². The average molecular weight is 768 g/mol. The molecule has 25 heteroatoms. The zero-order chi connectivity index (χ0) is 40.2. The molecular formula is C26H29F12N5O8. The van der Waals surface area contributed by atoms with Crippen molar-refractivity contribution in [2.75, 3.05) is 26.7 Å². The number of nitrogens with zero attached hydrogens (tertiary/aromatic N) is 5. The number of pyridine rings is 1. The highest BCUT2D eigenvalue weighted by atomic mass is 19.4. The summed E-state index contributed by atoms with van der Waals surface area (Å²) in [4.78, 5) is 49.7. The van der Waals surface area contributed by atoms with Gasteiger partial charge >= 0.3 is 48.6 Å². The second-order valence-electron chi connectivity index (χ2n) is 10.2. The number of hydrogen-bond acceptors (Lipinski definition) is 8. The fraction of sp³-hybridized carbons (Fsp3) is 0.538. The Bertz CT molecular complexity index is 1340. The number of alkyl halides is 12. The smallest absolute Gasteiger partial charge is 0.475 e. The number of piperidine rings is 1. The van der Waals surface area contributed by atoms with E-state index in [0.717, 1.165) is 45.6 Å². The van der Waals surface area contributed by atoms with Crippen LogP contribution in [0.1, 0.15) is 29.9 Å². The molecule has 1 spiro atoms. The predicted molar refractivity (Wildman–Crippen MR) is 145 cm³/mol. The third kappa shape index (κ3) is 15.8. The minimum Gasteiger partial charge on any atom is -0.475 e. The van der Waals surface area contributed by atoms with E-state index in [1.54, 1.807) is 0 Å². The quantitative estimate of drug-likeness (QED) is 0.313. The number of likely N-dealkylation sites (N-methyl/N-ethyl adjacent to an activating group) is 1. The summed E-state index contributed by atoms with van der Waals surface area (Å²) in [5.74, 6) is -9.75. The number of carbonyl (C=O) groups is 4.